The van der Waals surface area contributed by atoms with Gasteiger partial charge in [-0.25, -0.2) is 13.0 Å². The normalized spacial score (nSPS) is 11.8. The molecule has 2 aromatic heterocycles. The van der Waals surface area contributed by atoms with E-state index < -0.39 is 10.0 Å². The van der Waals surface area contributed by atoms with Gasteiger partial charge in [0.05, 0.1) is 22.8 Å². The molecule has 144 valence electrons. The van der Waals surface area contributed by atoms with Crippen LogP contribution in [-0.4, -0.2) is 38.9 Å². The fraction of sp³-hybridized carbons (Fsp3) is 0.133. The number of sulfonamides is 1. The molecule has 0 radical (unpaired) electrons. The summed E-state index contributed by atoms with van der Waals surface area (Å²) in [5.41, 5.74) is 1.19. The number of aromatic nitrogens is 6. The van der Waals surface area contributed by atoms with Crippen LogP contribution in [0.3, 0.4) is 0 Å². The predicted molar refractivity (Wildman–Crippen MR) is 101 cm³/mol. The van der Waals surface area contributed by atoms with E-state index in [0.717, 1.165) is 0 Å². The van der Waals surface area contributed by atoms with Crippen molar-refractivity contribution in [1.82, 2.24) is 30.5 Å². The highest BCUT2D eigenvalue weighted by Gasteiger charge is 2.22. The highest BCUT2D eigenvalue weighted by Crippen LogP contribution is 2.32. The maximum atomic E-state index is 13.0. The molecule has 0 bridgehead atoms. The van der Waals surface area contributed by atoms with E-state index in [2.05, 4.69) is 35.1 Å². The Morgan fingerprint density at radius 2 is 1.96 bits per heavy atom. The number of benzene rings is 2. The smallest absolute Gasteiger partial charge is 0.264 e. The van der Waals surface area contributed by atoms with Crippen molar-refractivity contribution in [3.8, 4) is 0 Å². The first-order chi connectivity index (χ1) is 13.3. The van der Waals surface area contributed by atoms with E-state index in [0.29, 0.717) is 16.9 Å². The van der Waals surface area contributed by atoms with Crippen LogP contribution >= 0.6 is 23.2 Å². The van der Waals surface area contributed by atoms with Gasteiger partial charge in [0.2, 0.25) is 0 Å². The zero-order valence-corrected chi connectivity index (χ0v) is 16.5. The molecule has 2 heterocycles. The van der Waals surface area contributed by atoms with Crippen molar-refractivity contribution in [3.63, 3.8) is 0 Å². The molecule has 0 fully saturated rings. The SMILES string of the molecule is Cn1nnc(Cc2cc(Cl)c(Cl)cc2NS(=O)(=O)c2cccc3nonc23)n1. The number of nitrogens with one attached hydrogen (secondary N) is 1. The summed E-state index contributed by atoms with van der Waals surface area (Å²) in [6.07, 6.45) is 0.193. The molecule has 28 heavy (non-hydrogen) atoms. The van der Waals surface area contributed by atoms with Crippen molar-refractivity contribution in [2.24, 2.45) is 7.05 Å². The molecule has 0 aliphatic rings. The Hall–Kier alpha value is -2.76. The fourth-order valence-corrected chi connectivity index (χ4v) is 4.19. The standard InChI is InChI=1S/C15H11Cl2N7O3S/c1-24-19-14(18-23-24)6-8-5-9(16)10(17)7-12(8)22-28(25,26)13-4-2-3-11-15(13)21-27-20-11/h2-5,7,22H,6H2,1H3. The van der Waals surface area contributed by atoms with Gasteiger partial charge in [-0.2, -0.15) is 4.80 Å². The lowest BCUT2D eigenvalue weighted by atomic mass is 10.1. The Labute approximate surface area is 168 Å². The Kier molecular flexibility index (Phi) is 4.65. The molecule has 0 atom stereocenters. The second-order valence-corrected chi connectivity index (χ2v) is 8.25. The minimum absolute atomic E-state index is 0.0825. The first kappa shape index (κ1) is 18.6. The molecule has 10 nitrogen and oxygen atoms in total. The summed E-state index contributed by atoms with van der Waals surface area (Å²) in [6.45, 7) is 0. The van der Waals surface area contributed by atoms with E-state index >= 15 is 0 Å². The van der Waals surface area contributed by atoms with Crippen LogP contribution < -0.4 is 4.72 Å². The van der Waals surface area contributed by atoms with Gasteiger partial charge in [0, 0.05) is 6.42 Å². The molecule has 0 spiro atoms. The maximum Gasteiger partial charge on any atom is 0.264 e. The average molecular weight is 440 g/mol. The molecule has 0 aliphatic heterocycles. The number of halogens is 2. The van der Waals surface area contributed by atoms with Crippen LogP contribution in [0.5, 0.6) is 0 Å². The van der Waals surface area contributed by atoms with Crippen LogP contribution in [0.25, 0.3) is 11.0 Å². The van der Waals surface area contributed by atoms with E-state index in [1.165, 1.54) is 16.9 Å². The zero-order chi connectivity index (χ0) is 19.9. The number of rotatable bonds is 5. The van der Waals surface area contributed by atoms with Crippen LogP contribution in [0.15, 0.2) is 39.9 Å². The van der Waals surface area contributed by atoms with Crippen molar-refractivity contribution < 1.29 is 13.0 Å². The Morgan fingerprint density at radius 1 is 1.18 bits per heavy atom. The average Bonchev–Trinajstić information content (AvgIpc) is 3.27. The number of fused-ring (bicyclic) bond motifs is 1. The van der Waals surface area contributed by atoms with Crippen LogP contribution in [0.4, 0.5) is 5.69 Å². The summed E-state index contributed by atoms with van der Waals surface area (Å²) in [6, 6.07) is 7.51. The van der Waals surface area contributed by atoms with Crippen molar-refractivity contribution in [2.75, 3.05) is 4.72 Å². The topological polar surface area (TPSA) is 129 Å². The number of aryl methyl sites for hydroxylation is 1. The second kappa shape index (κ2) is 7.00. The Bertz CT molecular complexity index is 1290. The molecule has 2 aromatic carbocycles. The second-order valence-electron chi connectivity index (χ2n) is 5.79. The summed E-state index contributed by atoms with van der Waals surface area (Å²) in [5, 5.41) is 19.6. The van der Waals surface area contributed by atoms with Gasteiger partial charge >= 0.3 is 0 Å². The summed E-state index contributed by atoms with van der Waals surface area (Å²) in [5.74, 6) is 0.393. The Balaban J connectivity index is 1.76. The van der Waals surface area contributed by atoms with E-state index in [-0.39, 0.29) is 32.6 Å². The van der Waals surface area contributed by atoms with Gasteiger partial charge < -0.3 is 0 Å². The minimum atomic E-state index is -4.02. The largest absolute Gasteiger partial charge is 0.279 e. The highest BCUT2D eigenvalue weighted by atomic mass is 35.5. The van der Waals surface area contributed by atoms with Gasteiger partial charge in [0.15, 0.2) is 11.3 Å². The number of hydrogen-bond donors (Lipinski definition) is 1. The monoisotopic (exact) mass is 439 g/mol. The van der Waals surface area contributed by atoms with Crippen molar-refractivity contribution in [1.29, 1.82) is 0 Å². The quantitative estimate of drug-likeness (QED) is 0.501. The van der Waals surface area contributed by atoms with Crippen LogP contribution in [-0.2, 0) is 23.5 Å². The Morgan fingerprint density at radius 3 is 2.71 bits per heavy atom. The third-order valence-corrected chi connectivity index (χ3v) is 5.95. The number of tetrazole rings is 1. The summed E-state index contributed by atoms with van der Waals surface area (Å²) in [4.78, 5) is 1.22. The molecule has 0 amide bonds. The third-order valence-electron chi connectivity index (χ3n) is 3.83. The van der Waals surface area contributed by atoms with Crippen LogP contribution in [0.1, 0.15) is 11.4 Å². The molecule has 13 heteroatoms. The van der Waals surface area contributed by atoms with Gasteiger partial charge in [-0.3, -0.25) is 4.72 Å². The third kappa shape index (κ3) is 3.51. The van der Waals surface area contributed by atoms with Gasteiger partial charge in [-0.15, -0.1) is 10.2 Å². The highest BCUT2D eigenvalue weighted by molar-refractivity contribution is 7.93. The van der Waals surface area contributed by atoms with Crippen molar-refractivity contribution in [2.45, 2.75) is 11.3 Å². The predicted octanol–water partition coefficient (Wildman–Crippen LogP) is 2.44. The van der Waals surface area contributed by atoms with Gasteiger partial charge in [0.1, 0.15) is 10.4 Å². The molecule has 0 unspecified atom stereocenters. The molecule has 1 N–H and O–H groups in total. The lowest BCUT2D eigenvalue weighted by Crippen LogP contribution is -2.15. The molecular formula is C15H11Cl2N7O3S. The molecule has 4 rings (SSSR count). The molecule has 0 aliphatic carbocycles. The number of hydrogen-bond acceptors (Lipinski definition) is 8. The minimum Gasteiger partial charge on any atom is -0.279 e. The zero-order valence-electron chi connectivity index (χ0n) is 14.2. The maximum absolute atomic E-state index is 13.0. The van der Waals surface area contributed by atoms with Crippen LogP contribution in [0, 0.1) is 0 Å². The molecule has 4 aromatic rings. The fourth-order valence-electron chi connectivity index (χ4n) is 2.59. The number of anilines is 1. The lowest BCUT2D eigenvalue weighted by molar-refractivity contribution is 0.315. The molecular weight excluding hydrogens is 429 g/mol. The van der Waals surface area contributed by atoms with Crippen molar-refractivity contribution in [3.05, 3.63) is 51.8 Å². The van der Waals surface area contributed by atoms with Crippen molar-refractivity contribution >= 4 is 49.9 Å². The van der Waals surface area contributed by atoms with E-state index in [1.54, 1.807) is 25.2 Å². The van der Waals surface area contributed by atoms with E-state index in [9.17, 15) is 8.42 Å². The first-order valence-corrected chi connectivity index (χ1v) is 10.0. The summed E-state index contributed by atoms with van der Waals surface area (Å²) >= 11 is 12.2. The van der Waals surface area contributed by atoms with Gasteiger partial charge in [-0.05, 0) is 45.4 Å². The summed E-state index contributed by atoms with van der Waals surface area (Å²) < 4.78 is 33.1. The van der Waals surface area contributed by atoms with E-state index in [4.69, 9.17) is 23.2 Å². The van der Waals surface area contributed by atoms with Gasteiger partial charge in [-0.1, -0.05) is 29.3 Å². The van der Waals surface area contributed by atoms with Crippen LogP contribution in [0.2, 0.25) is 10.0 Å². The molecule has 0 saturated heterocycles. The first-order valence-electron chi connectivity index (χ1n) is 7.78. The lowest BCUT2D eigenvalue weighted by Gasteiger charge is -2.13. The van der Waals surface area contributed by atoms with Gasteiger partial charge in [0.25, 0.3) is 10.0 Å². The molecule has 0 saturated carbocycles. The summed E-state index contributed by atoms with van der Waals surface area (Å²) in [7, 11) is -2.40. The number of nitrogens with zero attached hydrogens (tertiary/aromatic N) is 6. The van der Waals surface area contributed by atoms with E-state index in [1.807, 2.05) is 0 Å².